The van der Waals surface area contributed by atoms with Crippen LogP contribution in [-0.4, -0.2) is 54.9 Å². The number of amides is 2. The zero-order chi connectivity index (χ0) is 22.5. The fraction of sp³-hybridized carbons (Fsp3) is 0.261. The SMILES string of the molecule is COCCN1C(=O)C(=O)/C(=C(/O)c2ccc(C)c(F)c2)C12C(=O)N(C)c1ccccc12. The molecule has 160 valence electrons. The van der Waals surface area contributed by atoms with E-state index in [-0.39, 0.29) is 24.3 Å². The summed E-state index contributed by atoms with van der Waals surface area (Å²) in [5.41, 5.74) is -0.965. The van der Waals surface area contributed by atoms with Crippen LogP contribution in [0.2, 0.25) is 0 Å². The first-order valence-electron chi connectivity index (χ1n) is 9.70. The minimum absolute atomic E-state index is 0.00653. The van der Waals surface area contributed by atoms with Crippen molar-refractivity contribution in [1.29, 1.82) is 0 Å². The standard InChI is InChI=1S/C23H21FN2O5/c1-13-8-9-14(12-16(13)24)19(27)18-20(28)21(29)26(10-11-31-3)23(18)15-6-4-5-7-17(15)25(2)22(23)30/h4-9,12,27H,10-11H2,1-3H3/b19-18-. The van der Waals surface area contributed by atoms with Crippen LogP contribution in [0.4, 0.5) is 10.1 Å². The summed E-state index contributed by atoms with van der Waals surface area (Å²) in [5, 5.41) is 11.1. The van der Waals surface area contributed by atoms with Gasteiger partial charge in [0.1, 0.15) is 11.6 Å². The van der Waals surface area contributed by atoms with E-state index in [9.17, 15) is 23.9 Å². The van der Waals surface area contributed by atoms with Crippen molar-refractivity contribution in [2.45, 2.75) is 12.5 Å². The smallest absolute Gasteiger partial charge is 0.296 e. The van der Waals surface area contributed by atoms with Gasteiger partial charge in [0.15, 0.2) is 5.54 Å². The number of halogens is 1. The molecule has 2 aromatic carbocycles. The number of likely N-dealkylation sites (tertiary alicyclic amines) is 1. The Kier molecular flexibility index (Phi) is 4.89. The summed E-state index contributed by atoms with van der Waals surface area (Å²) in [4.78, 5) is 42.3. The van der Waals surface area contributed by atoms with Crippen LogP contribution in [0.5, 0.6) is 0 Å². The summed E-state index contributed by atoms with van der Waals surface area (Å²) in [5.74, 6) is -3.67. The van der Waals surface area contributed by atoms with Gasteiger partial charge < -0.3 is 19.6 Å². The number of aryl methyl sites for hydroxylation is 1. The third-order valence-electron chi connectivity index (χ3n) is 5.90. The normalized spacial score (nSPS) is 22.0. The fourth-order valence-electron chi connectivity index (χ4n) is 4.34. The number of methoxy groups -OCH3 is 1. The minimum atomic E-state index is -1.86. The van der Waals surface area contributed by atoms with Crippen molar-refractivity contribution in [2.24, 2.45) is 0 Å². The van der Waals surface area contributed by atoms with E-state index in [1.807, 2.05) is 0 Å². The summed E-state index contributed by atoms with van der Waals surface area (Å²) < 4.78 is 19.3. The lowest BCUT2D eigenvalue weighted by Crippen LogP contribution is -2.52. The number of hydrogen-bond acceptors (Lipinski definition) is 5. The second-order valence-corrected chi connectivity index (χ2v) is 7.56. The second kappa shape index (κ2) is 7.31. The molecule has 1 fully saturated rings. The second-order valence-electron chi connectivity index (χ2n) is 7.56. The molecule has 1 saturated heterocycles. The van der Waals surface area contributed by atoms with E-state index in [1.54, 1.807) is 31.2 Å². The van der Waals surface area contributed by atoms with Gasteiger partial charge in [0.25, 0.3) is 17.6 Å². The summed E-state index contributed by atoms with van der Waals surface area (Å²) in [6.45, 7) is 1.59. The molecule has 1 spiro atoms. The highest BCUT2D eigenvalue weighted by Crippen LogP contribution is 2.53. The molecule has 31 heavy (non-hydrogen) atoms. The number of fused-ring (bicyclic) bond motifs is 2. The van der Waals surface area contributed by atoms with Crippen LogP contribution in [0.3, 0.4) is 0 Å². The van der Waals surface area contributed by atoms with Crippen molar-refractivity contribution in [2.75, 3.05) is 32.2 Å². The number of Topliss-reactive ketones (excluding diaryl/α,β-unsaturated/α-hetero) is 1. The Morgan fingerprint density at radius 3 is 2.55 bits per heavy atom. The van der Waals surface area contributed by atoms with Gasteiger partial charge in [-0.2, -0.15) is 0 Å². The topological polar surface area (TPSA) is 87.1 Å². The number of carbonyl (C=O) groups excluding carboxylic acids is 3. The largest absolute Gasteiger partial charge is 0.507 e. The Labute approximate surface area is 178 Å². The molecule has 2 amide bonds. The van der Waals surface area contributed by atoms with Crippen LogP contribution in [0, 0.1) is 12.7 Å². The summed E-state index contributed by atoms with van der Waals surface area (Å²) >= 11 is 0. The summed E-state index contributed by atoms with van der Waals surface area (Å²) in [7, 11) is 2.98. The lowest BCUT2D eigenvalue weighted by atomic mass is 9.82. The number of aliphatic hydroxyl groups is 1. The first-order valence-corrected chi connectivity index (χ1v) is 9.70. The van der Waals surface area contributed by atoms with E-state index < -0.39 is 34.7 Å². The van der Waals surface area contributed by atoms with E-state index in [2.05, 4.69) is 0 Å². The molecule has 8 heteroatoms. The number of likely N-dealkylation sites (N-methyl/N-ethyl adjacent to an activating group) is 1. The van der Waals surface area contributed by atoms with Gasteiger partial charge in [-0.3, -0.25) is 14.4 Å². The molecule has 0 radical (unpaired) electrons. The first-order chi connectivity index (χ1) is 14.8. The maximum absolute atomic E-state index is 14.2. The maximum atomic E-state index is 14.2. The van der Waals surface area contributed by atoms with Gasteiger partial charge in [-0.05, 0) is 24.6 Å². The lowest BCUT2D eigenvalue weighted by molar-refractivity contribution is -0.144. The molecular weight excluding hydrogens is 403 g/mol. The third-order valence-corrected chi connectivity index (χ3v) is 5.90. The van der Waals surface area contributed by atoms with Crippen LogP contribution in [0.15, 0.2) is 48.0 Å². The number of benzene rings is 2. The lowest BCUT2D eigenvalue weighted by Gasteiger charge is -2.34. The van der Waals surface area contributed by atoms with Gasteiger partial charge in [-0.1, -0.05) is 30.3 Å². The zero-order valence-electron chi connectivity index (χ0n) is 17.3. The molecule has 2 aliphatic rings. The van der Waals surface area contributed by atoms with Crippen molar-refractivity contribution in [1.82, 2.24) is 4.90 Å². The highest BCUT2D eigenvalue weighted by Gasteiger charge is 2.66. The Morgan fingerprint density at radius 2 is 1.87 bits per heavy atom. The summed E-state index contributed by atoms with van der Waals surface area (Å²) in [6, 6.07) is 10.7. The van der Waals surface area contributed by atoms with Crippen molar-refractivity contribution in [3.63, 3.8) is 0 Å². The average molecular weight is 424 g/mol. The number of nitrogens with zero attached hydrogens (tertiary/aromatic N) is 2. The highest BCUT2D eigenvalue weighted by molar-refractivity contribution is 6.50. The maximum Gasteiger partial charge on any atom is 0.296 e. The molecule has 1 unspecified atom stereocenters. The number of anilines is 1. The Balaban J connectivity index is 2.06. The van der Waals surface area contributed by atoms with E-state index in [1.165, 1.54) is 31.2 Å². The summed E-state index contributed by atoms with van der Waals surface area (Å²) in [6.07, 6.45) is 0. The number of rotatable bonds is 4. The van der Waals surface area contributed by atoms with Crippen LogP contribution in [0.1, 0.15) is 16.7 Å². The van der Waals surface area contributed by atoms with Crippen LogP contribution < -0.4 is 4.90 Å². The van der Waals surface area contributed by atoms with Crippen LogP contribution >= 0.6 is 0 Å². The van der Waals surface area contributed by atoms with Gasteiger partial charge >= 0.3 is 0 Å². The van der Waals surface area contributed by atoms with E-state index >= 15 is 0 Å². The number of para-hydroxylation sites is 1. The van der Waals surface area contributed by atoms with Crippen molar-refractivity contribution in [3.8, 4) is 0 Å². The van der Waals surface area contributed by atoms with Gasteiger partial charge in [0.2, 0.25) is 0 Å². The third kappa shape index (κ3) is 2.71. The van der Waals surface area contributed by atoms with Crippen LogP contribution in [-0.2, 0) is 24.7 Å². The Bertz CT molecular complexity index is 1160. The molecular formula is C23H21FN2O5. The molecule has 2 aromatic rings. The zero-order valence-corrected chi connectivity index (χ0v) is 17.3. The number of ketones is 1. The predicted molar refractivity (Wildman–Crippen MR) is 111 cm³/mol. The molecule has 0 saturated carbocycles. The van der Waals surface area contributed by atoms with Crippen LogP contribution in [0.25, 0.3) is 5.76 Å². The Hall–Kier alpha value is -3.52. The van der Waals surface area contributed by atoms with Crippen molar-refractivity contribution < 1.29 is 28.6 Å². The molecule has 0 aliphatic carbocycles. The highest BCUT2D eigenvalue weighted by atomic mass is 19.1. The van der Waals surface area contributed by atoms with Gasteiger partial charge in [-0.15, -0.1) is 0 Å². The fourth-order valence-corrected chi connectivity index (χ4v) is 4.34. The van der Waals surface area contributed by atoms with E-state index in [4.69, 9.17) is 4.74 Å². The minimum Gasteiger partial charge on any atom is -0.507 e. The molecule has 2 aliphatic heterocycles. The van der Waals surface area contributed by atoms with Crippen molar-refractivity contribution >= 4 is 29.0 Å². The first kappa shape index (κ1) is 20.7. The number of hydrogen-bond donors (Lipinski definition) is 1. The molecule has 2 heterocycles. The molecule has 0 aromatic heterocycles. The molecule has 1 N–H and O–H groups in total. The van der Waals surface area contributed by atoms with Gasteiger partial charge in [-0.25, -0.2) is 4.39 Å². The Morgan fingerprint density at radius 1 is 1.16 bits per heavy atom. The van der Waals surface area contributed by atoms with E-state index in [0.717, 1.165) is 11.0 Å². The quantitative estimate of drug-likeness (QED) is 0.463. The predicted octanol–water partition coefficient (Wildman–Crippen LogP) is 2.33. The molecule has 4 rings (SSSR count). The monoisotopic (exact) mass is 424 g/mol. The molecule has 7 nitrogen and oxygen atoms in total. The number of ether oxygens (including phenoxy) is 1. The van der Waals surface area contributed by atoms with Gasteiger partial charge in [0, 0.05) is 37.5 Å². The number of carbonyl (C=O) groups is 3. The van der Waals surface area contributed by atoms with Crippen molar-refractivity contribution in [3.05, 3.63) is 70.5 Å². The molecule has 1 atom stereocenters. The average Bonchev–Trinajstić information content (AvgIpc) is 3.12. The molecule has 0 bridgehead atoms. The number of aliphatic hydroxyl groups excluding tert-OH is 1. The van der Waals surface area contributed by atoms with Gasteiger partial charge in [0.05, 0.1) is 12.2 Å². The van der Waals surface area contributed by atoms with E-state index in [0.29, 0.717) is 16.8 Å².